The average molecular weight is 449 g/mol. The molecule has 0 fully saturated rings. The molecule has 27 heavy (non-hydrogen) atoms. The summed E-state index contributed by atoms with van der Waals surface area (Å²) < 4.78 is 113. The fourth-order valence-electron chi connectivity index (χ4n) is 1.37. The molecule has 0 amide bonds. The molecule has 16 heteroatoms. The van der Waals surface area contributed by atoms with Crippen molar-refractivity contribution < 1.29 is 52.9 Å². The second-order valence-corrected chi connectivity index (χ2v) is 8.30. The highest BCUT2D eigenvalue weighted by Gasteiger charge is 2.46. The van der Waals surface area contributed by atoms with E-state index in [0.29, 0.717) is 6.54 Å². The van der Waals surface area contributed by atoms with Gasteiger partial charge in [0.1, 0.15) is 18.9 Å². The molecule has 0 aliphatic rings. The average Bonchev–Trinajstić information content (AvgIpc) is 2.90. The van der Waals surface area contributed by atoms with Gasteiger partial charge in [-0.25, -0.2) is 26.0 Å². The fraction of sp³-hybridized carbons (Fsp3) is 0.727. The zero-order valence-electron chi connectivity index (χ0n) is 13.8. The molecule has 160 valence electrons. The standard InChI is InChI=1S/C9H17N2O.C2F6NO4S2/c1-2-3-4-10-5-6-11(9-10)7-8-12;3-1(4,5)14(10,11)9-15(12,13)2(6,7)8/h5-6,9,12H,2-4,7-8H2,1H3;/q+1;-1. The van der Waals surface area contributed by atoms with Crippen molar-refractivity contribution in [3.8, 4) is 0 Å². The number of sulfonamides is 2. The summed E-state index contributed by atoms with van der Waals surface area (Å²) in [4.78, 5) is 0. The molecule has 0 saturated heterocycles. The summed E-state index contributed by atoms with van der Waals surface area (Å²) in [5.41, 5.74) is -12.4. The van der Waals surface area contributed by atoms with Crippen molar-refractivity contribution in [2.75, 3.05) is 6.61 Å². The number of unbranched alkanes of at least 4 members (excludes halogenated alkanes) is 1. The monoisotopic (exact) mass is 449 g/mol. The lowest BCUT2D eigenvalue weighted by Crippen LogP contribution is -2.32. The Morgan fingerprint density at radius 3 is 1.89 bits per heavy atom. The molecule has 1 aromatic rings. The number of nitrogens with zero attached hydrogens (tertiary/aromatic N) is 3. The fourth-order valence-corrected chi connectivity index (χ4v) is 3.08. The lowest BCUT2D eigenvalue weighted by atomic mass is 10.3. The Morgan fingerprint density at radius 2 is 1.52 bits per heavy atom. The Bertz CT molecular complexity index is 744. The molecule has 0 atom stereocenters. The Labute approximate surface area is 151 Å². The van der Waals surface area contributed by atoms with Crippen molar-refractivity contribution in [1.29, 1.82) is 0 Å². The molecule has 0 aromatic carbocycles. The van der Waals surface area contributed by atoms with Crippen LogP contribution < -0.4 is 4.57 Å². The quantitative estimate of drug-likeness (QED) is 0.502. The van der Waals surface area contributed by atoms with Gasteiger partial charge in [-0.05, 0) is 6.42 Å². The van der Waals surface area contributed by atoms with Gasteiger partial charge in [0.15, 0.2) is 20.0 Å². The number of aromatic nitrogens is 2. The minimum Gasteiger partial charge on any atom is -0.421 e. The van der Waals surface area contributed by atoms with Crippen molar-refractivity contribution in [3.05, 3.63) is 22.8 Å². The minimum atomic E-state index is -6.72. The number of halogens is 6. The number of aryl methyl sites for hydroxylation is 1. The molecule has 0 radical (unpaired) electrons. The van der Waals surface area contributed by atoms with Crippen LogP contribution in [-0.2, 0) is 33.1 Å². The van der Waals surface area contributed by atoms with Gasteiger partial charge >= 0.3 is 11.0 Å². The Kier molecular flexibility index (Phi) is 9.20. The third-order valence-electron chi connectivity index (χ3n) is 2.66. The van der Waals surface area contributed by atoms with Gasteiger partial charge in [-0.1, -0.05) is 13.3 Å². The van der Waals surface area contributed by atoms with Crippen LogP contribution in [0.4, 0.5) is 26.3 Å². The van der Waals surface area contributed by atoms with Crippen LogP contribution in [-0.4, -0.2) is 44.1 Å². The van der Waals surface area contributed by atoms with Crippen LogP contribution in [0.5, 0.6) is 0 Å². The van der Waals surface area contributed by atoms with E-state index in [9.17, 15) is 43.2 Å². The van der Waals surface area contributed by atoms with E-state index in [1.54, 1.807) is 0 Å². The molecule has 8 nitrogen and oxygen atoms in total. The molecule has 1 N–H and O–H groups in total. The lowest BCUT2D eigenvalue weighted by molar-refractivity contribution is -0.697. The SMILES string of the molecule is CCCCn1cc[n+](CCO)c1.O=S(=O)([N-]S(=O)(=O)C(F)(F)F)C(F)(F)F. The Hall–Kier alpha value is -1.39. The van der Waals surface area contributed by atoms with Gasteiger partial charge in [-0.3, -0.25) is 0 Å². The van der Waals surface area contributed by atoms with E-state index < -0.39 is 31.1 Å². The number of hydrogen-bond acceptors (Lipinski definition) is 5. The van der Waals surface area contributed by atoms with Gasteiger partial charge in [-0.2, -0.15) is 26.3 Å². The molecule has 0 spiro atoms. The van der Waals surface area contributed by atoms with Gasteiger partial charge in [0.25, 0.3) is 0 Å². The first-order chi connectivity index (χ1) is 12.1. The van der Waals surface area contributed by atoms with Crippen molar-refractivity contribution in [3.63, 3.8) is 0 Å². The highest BCUT2D eigenvalue weighted by Crippen LogP contribution is 2.36. The van der Waals surface area contributed by atoms with E-state index in [4.69, 9.17) is 5.11 Å². The molecular weight excluding hydrogens is 432 g/mol. The molecule has 0 aliphatic carbocycles. The second-order valence-electron chi connectivity index (χ2n) is 4.88. The van der Waals surface area contributed by atoms with Crippen molar-refractivity contribution >= 4 is 20.0 Å². The highest BCUT2D eigenvalue weighted by atomic mass is 32.3. The lowest BCUT2D eigenvalue weighted by Gasteiger charge is -2.22. The number of aliphatic hydroxyl groups excluding tert-OH is 1. The minimum absolute atomic E-state index is 0.211. The number of imidazole rings is 1. The van der Waals surface area contributed by atoms with E-state index in [1.165, 1.54) is 12.8 Å². The first-order valence-corrected chi connectivity index (χ1v) is 9.98. The second kappa shape index (κ2) is 9.70. The third kappa shape index (κ3) is 8.44. The number of rotatable bonds is 7. The summed E-state index contributed by atoms with van der Waals surface area (Å²) in [6.45, 7) is 4.17. The van der Waals surface area contributed by atoms with Gasteiger partial charge < -0.3 is 9.23 Å². The molecule has 0 saturated carbocycles. The molecule has 0 unspecified atom stereocenters. The summed E-state index contributed by atoms with van der Waals surface area (Å²) in [7, 11) is -13.4. The molecule has 0 bridgehead atoms. The summed E-state index contributed by atoms with van der Waals surface area (Å²) in [5.74, 6) is 0. The van der Waals surface area contributed by atoms with E-state index in [-0.39, 0.29) is 6.61 Å². The first-order valence-electron chi connectivity index (χ1n) is 7.10. The zero-order chi connectivity index (χ0) is 21.5. The van der Waals surface area contributed by atoms with Crippen LogP contribution in [0, 0.1) is 0 Å². The topological polar surface area (TPSA) is 111 Å². The van der Waals surface area contributed by atoms with E-state index in [1.807, 2.05) is 23.3 Å². The predicted molar refractivity (Wildman–Crippen MR) is 79.9 cm³/mol. The smallest absolute Gasteiger partial charge is 0.421 e. The van der Waals surface area contributed by atoms with Gasteiger partial charge in [-0.15, -0.1) is 0 Å². The van der Waals surface area contributed by atoms with Crippen LogP contribution in [0.1, 0.15) is 19.8 Å². The zero-order valence-corrected chi connectivity index (χ0v) is 15.4. The summed E-state index contributed by atoms with van der Waals surface area (Å²) in [6, 6.07) is 0. The van der Waals surface area contributed by atoms with E-state index in [0.717, 1.165) is 10.7 Å². The van der Waals surface area contributed by atoms with Crippen LogP contribution in [0.15, 0.2) is 18.7 Å². The van der Waals surface area contributed by atoms with Crippen molar-refractivity contribution in [2.24, 2.45) is 0 Å². The van der Waals surface area contributed by atoms with Crippen LogP contribution in [0.3, 0.4) is 0 Å². The first kappa shape index (κ1) is 25.6. The molecule has 1 aromatic heterocycles. The Morgan fingerprint density at radius 1 is 1.04 bits per heavy atom. The van der Waals surface area contributed by atoms with Crippen molar-refractivity contribution in [2.45, 2.75) is 43.9 Å². The van der Waals surface area contributed by atoms with Crippen LogP contribution in [0.25, 0.3) is 4.13 Å². The maximum absolute atomic E-state index is 11.4. The van der Waals surface area contributed by atoms with Gasteiger partial charge in [0.05, 0.1) is 13.2 Å². The molecular formula is C11H17F6N3O5S2. The normalized spacial score (nSPS) is 13.2. The summed E-state index contributed by atoms with van der Waals surface area (Å²) in [5, 5.41) is 8.67. The van der Waals surface area contributed by atoms with Crippen molar-refractivity contribution in [1.82, 2.24) is 4.57 Å². The number of aliphatic hydroxyl groups is 1. The number of alkyl halides is 6. The van der Waals surface area contributed by atoms with E-state index >= 15 is 0 Å². The Balaban J connectivity index is 0.000000511. The molecule has 0 aliphatic heterocycles. The van der Waals surface area contributed by atoms with Crippen LogP contribution in [0.2, 0.25) is 0 Å². The third-order valence-corrected chi connectivity index (χ3v) is 5.40. The highest BCUT2D eigenvalue weighted by molar-refractivity contribution is 8.13. The largest absolute Gasteiger partial charge is 0.480 e. The van der Waals surface area contributed by atoms with E-state index in [2.05, 4.69) is 11.5 Å². The summed E-state index contributed by atoms with van der Waals surface area (Å²) >= 11 is 0. The molecule has 1 heterocycles. The molecule has 1 rings (SSSR count). The predicted octanol–water partition coefficient (Wildman–Crippen LogP) is 1.63. The van der Waals surface area contributed by atoms with Gasteiger partial charge in [0, 0.05) is 0 Å². The maximum Gasteiger partial charge on any atom is 0.480 e. The summed E-state index contributed by atoms with van der Waals surface area (Å²) in [6.07, 6.45) is 8.51. The van der Waals surface area contributed by atoms with Gasteiger partial charge in [0.2, 0.25) is 6.33 Å². The maximum atomic E-state index is 11.4. The van der Waals surface area contributed by atoms with Crippen LogP contribution >= 0.6 is 0 Å². The number of hydrogen-bond donors (Lipinski definition) is 1.